The van der Waals surface area contributed by atoms with E-state index in [1.807, 2.05) is 0 Å². The monoisotopic (exact) mass is 445 g/mol. The van der Waals surface area contributed by atoms with Crippen LogP contribution in [0, 0.1) is 6.92 Å². The zero-order valence-corrected chi connectivity index (χ0v) is 21.5. The second-order valence-corrected chi connectivity index (χ2v) is 11.6. The molecule has 1 nitrogen and oxygen atoms in total. The van der Waals surface area contributed by atoms with Gasteiger partial charge < -0.3 is 4.57 Å². The molecule has 0 unspecified atom stereocenters. The summed E-state index contributed by atoms with van der Waals surface area (Å²) in [5.74, 6) is 0. The van der Waals surface area contributed by atoms with Crippen molar-refractivity contribution in [3.63, 3.8) is 0 Å². The van der Waals surface area contributed by atoms with E-state index in [1.54, 1.807) is 0 Å². The van der Waals surface area contributed by atoms with Gasteiger partial charge in [-0.1, -0.05) is 96.1 Å². The van der Waals surface area contributed by atoms with Crippen molar-refractivity contribution in [2.75, 3.05) is 0 Å². The molecule has 0 aliphatic carbocycles. The van der Waals surface area contributed by atoms with Crippen LogP contribution in [0.1, 0.15) is 58.2 Å². The van der Waals surface area contributed by atoms with Gasteiger partial charge in [-0.25, -0.2) is 0 Å². The lowest BCUT2D eigenvalue weighted by Gasteiger charge is -2.19. The number of hydrogen-bond donors (Lipinski definition) is 0. The van der Waals surface area contributed by atoms with E-state index < -0.39 is 0 Å². The Morgan fingerprint density at radius 3 is 1.59 bits per heavy atom. The molecule has 0 radical (unpaired) electrons. The van der Waals surface area contributed by atoms with Crippen molar-refractivity contribution in [2.45, 2.75) is 59.3 Å². The Bertz CT molecular complexity index is 1430. The van der Waals surface area contributed by atoms with Gasteiger partial charge in [0.2, 0.25) is 0 Å². The van der Waals surface area contributed by atoms with E-state index in [0.29, 0.717) is 0 Å². The smallest absolute Gasteiger partial charge is 0.0541 e. The van der Waals surface area contributed by atoms with E-state index in [9.17, 15) is 0 Å². The summed E-state index contributed by atoms with van der Waals surface area (Å²) in [6, 6.07) is 31.5. The second-order valence-electron chi connectivity index (χ2n) is 11.6. The molecule has 1 aromatic heterocycles. The quantitative estimate of drug-likeness (QED) is 0.255. The first-order valence-electron chi connectivity index (χ1n) is 12.3. The molecular formula is C33H35N. The predicted molar refractivity (Wildman–Crippen MR) is 148 cm³/mol. The minimum Gasteiger partial charge on any atom is -0.309 e. The number of fused-ring (bicyclic) bond motifs is 3. The molecule has 172 valence electrons. The molecule has 4 aromatic carbocycles. The van der Waals surface area contributed by atoms with E-state index in [0.717, 1.165) is 0 Å². The molecule has 0 saturated carbocycles. The van der Waals surface area contributed by atoms with Crippen LogP contribution < -0.4 is 0 Å². The molecule has 1 heterocycles. The fourth-order valence-electron chi connectivity index (χ4n) is 5.01. The standard InChI is InChI=1S/C33H35N/c1-22-26(23-12-9-8-10-13-23)14-11-15-29(22)34-30-18-16-24(32(2,3)4)20-27(30)28-21-25(33(5,6)7)17-19-31(28)34/h8-21H,1-7H3. The van der Waals surface area contributed by atoms with Gasteiger partial charge in [0.15, 0.2) is 0 Å². The second kappa shape index (κ2) is 7.87. The van der Waals surface area contributed by atoms with Crippen LogP contribution in [0.5, 0.6) is 0 Å². The molecule has 1 heteroatoms. The van der Waals surface area contributed by atoms with Gasteiger partial charge in [0.1, 0.15) is 0 Å². The van der Waals surface area contributed by atoms with Crippen LogP contribution in [0.3, 0.4) is 0 Å². The summed E-state index contributed by atoms with van der Waals surface area (Å²) in [4.78, 5) is 0. The Balaban J connectivity index is 1.86. The maximum Gasteiger partial charge on any atom is 0.0541 e. The number of rotatable bonds is 2. The van der Waals surface area contributed by atoms with Crippen molar-refractivity contribution in [2.24, 2.45) is 0 Å². The number of aromatic nitrogens is 1. The number of nitrogens with zero attached hydrogens (tertiary/aromatic N) is 1. The molecule has 0 atom stereocenters. The van der Waals surface area contributed by atoms with Crippen molar-refractivity contribution >= 4 is 21.8 Å². The summed E-state index contributed by atoms with van der Waals surface area (Å²) >= 11 is 0. The van der Waals surface area contributed by atoms with E-state index in [2.05, 4.69) is 138 Å². The summed E-state index contributed by atoms with van der Waals surface area (Å²) in [5.41, 5.74) is 10.6. The fraction of sp³-hybridized carbons (Fsp3) is 0.273. The lowest BCUT2D eigenvalue weighted by molar-refractivity contribution is 0.590. The molecule has 0 amide bonds. The van der Waals surface area contributed by atoms with Crippen molar-refractivity contribution in [3.05, 3.63) is 102 Å². The van der Waals surface area contributed by atoms with Crippen LogP contribution in [0.25, 0.3) is 38.6 Å². The van der Waals surface area contributed by atoms with Crippen LogP contribution in [0.4, 0.5) is 0 Å². The van der Waals surface area contributed by atoms with Gasteiger partial charge in [-0.3, -0.25) is 0 Å². The van der Waals surface area contributed by atoms with Gasteiger partial charge >= 0.3 is 0 Å². The zero-order valence-electron chi connectivity index (χ0n) is 21.5. The van der Waals surface area contributed by atoms with Gasteiger partial charge in [-0.15, -0.1) is 0 Å². The molecule has 0 N–H and O–H groups in total. The Labute approximate surface area is 204 Å². The third-order valence-electron chi connectivity index (χ3n) is 7.13. The molecule has 5 rings (SSSR count). The Morgan fingerprint density at radius 2 is 1.09 bits per heavy atom. The molecule has 0 aliphatic rings. The predicted octanol–water partition coefficient (Wildman–Crippen LogP) is 9.35. The van der Waals surface area contributed by atoms with Gasteiger partial charge in [0, 0.05) is 16.5 Å². The zero-order chi connectivity index (χ0) is 24.3. The van der Waals surface area contributed by atoms with Gasteiger partial charge in [0.25, 0.3) is 0 Å². The number of hydrogen-bond acceptors (Lipinski definition) is 0. The average Bonchev–Trinajstić information content (AvgIpc) is 3.12. The van der Waals surface area contributed by atoms with Gasteiger partial charge in [-0.2, -0.15) is 0 Å². The van der Waals surface area contributed by atoms with Crippen LogP contribution in [0.15, 0.2) is 84.9 Å². The highest BCUT2D eigenvalue weighted by Gasteiger charge is 2.21. The van der Waals surface area contributed by atoms with Crippen LogP contribution in [0.2, 0.25) is 0 Å². The molecular weight excluding hydrogens is 410 g/mol. The van der Waals surface area contributed by atoms with Crippen molar-refractivity contribution in [3.8, 4) is 16.8 Å². The SMILES string of the molecule is Cc1c(-c2ccccc2)cccc1-n1c2ccc(C(C)(C)C)cc2c2cc(C(C)(C)C)ccc21. The Morgan fingerprint density at radius 1 is 0.559 bits per heavy atom. The van der Waals surface area contributed by atoms with Crippen molar-refractivity contribution < 1.29 is 0 Å². The van der Waals surface area contributed by atoms with Crippen LogP contribution >= 0.6 is 0 Å². The molecule has 34 heavy (non-hydrogen) atoms. The fourth-order valence-corrected chi connectivity index (χ4v) is 5.01. The average molecular weight is 446 g/mol. The third kappa shape index (κ3) is 3.74. The first kappa shape index (κ1) is 22.5. The molecule has 0 aliphatic heterocycles. The van der Waals surface area contributed by atoms with Gasteiger partial charge in [-0.05, 0) is 75.9 Å². The van der Waals surface area contributed by atoms with E-state index in [-0.39, 0.29) is 10.8 Å². The van der Waals surface area contributed by atoms with Crippen molar-refractivity contribution in [1.29, 1.82) is 0 Å². The summed E-state index contributed by atoms with van der Waals surface area (Å²) in [7, 11) is 0. The molecule has 0 bridgehead atoms. The maximum atomic E-state index is 2.46. The first-order chi connectivity index (χ1) is 16.1. The van der Waals surface area contributed by atoms with E-state index in [4.69, 9.17) is 0 Å². The minimum atomic E-state index is 0.105. The third-order valence-corrected chi connectivity index (χ3v) is 7.13. The normalized spacial score (nSPS) is 12.6. The van der Waals surface area contributed by atoms with Crippen LogP contribution in [-0.4, -0.2) is 4.57 Å². The Hall–Kier alpha value is -3.32. The first-order valence-corrected chi connectivity index (χ1v) is 12.3. The highest BCUT2D eigenvalue weighted by Crippen LogP contribution is 2.39. The molecule has 5 aromatic rings. The highest BCUT2D eigenvalue weighted by atomic mass is 15.0. The summed E-state index contributed by atoms with van der Waals surface area (Å²) in [5, 5.41) is 2.66. The van der Waals surface area contributed by atoms with E-state index in [1.165, 1.54) is 55.3 Å². The molecule has 0 fully saturated rings. The molecule has 0 spiro atoms. The van der Waals surface area contributed by atoms with Crippen molar-refractivity contribution in [1.82, 2.24) is 4.57 Å². The molecule has 0 saturated heterocycles. The lowest BCUT2D eigenvalue weighted by atomic mass is 9.85. The maximum absolute atomic E-state index is 2.46. The summed E-state index contributed by atoms with van der Waals surface area (Å²) < 4.78 is 2.46. The highest BCUT2D eigenvalue weighted by molar-refractivity contribution is 6.10. The summed E-state index contributed by atoms with van der Waals surface area (Å²) in [6.45, 7) is 16.0. The number of benzene rings is 4. The van der Waals surface area contributed by atoms with Crippen LogP contribution in [-0.2, 0) is 10.8 Å². The minimum absolute atomic E-state index is 0.105. The lowest BCUT2D eigenvalue weighted by Crippen LogP contribution is -2.10. The topological polar surface area (TPSA) is 4.93 Å². The van der Waals surface area contributed by atoms with Gasteiger partial charge in [0.05, 0.1) is 11.0 Å². The van der Waals surface area contributed by atoms with E-state index >= 15 is 0 Å². The Kier molecular flexibility index (Phi) is 5.20. The largest absolute Gasteiger partial charge is 0.309 e. The summed E-state index contributed by atoms with van der Waals surface area (Å²) in [6.07, 6.45) is 0.